The Kier molecular flexibility index (Phi) is 5.78. The van der Waals surface area contributed by atoms with Crippen molar-refractivity contribution < 1.29 is 18.4 Å². The van der Waals surface area contributed by atoms with Crippen molar-refractivity contribution in [3.63, 3.8) is 0 Å². The number of carbonyl (C=O) groups is 1. The molecule has 0 spiro atoms. The number of ether oxygens (including phenoxy) is 1. The van der Waals surface area contributed by atoms with Crippen LogP contribution in [-0.4, -0.2) is 37.3 Å². The van der Waals surface area contributed by atoms with E-state index in [1.165, 1.54) is 24.3 Å². The van der Waals surface area contributed by atoms with E-state index in [0.717, 1.165) is 24.2 Å². The van der Waals surface area contributed by atoms with Crippen molar-refractivity contribution in [3.8, 4) is 5.75 Å². The zero-order chi connectivity index (χ0) is 21.1. The van der Waals surface area contributed by atoms with Crippen molar-refractivity contribution >= 4 is 5.91 Å². The summed E-state index contributed by atoms with van der Waals surface area (Å²) in [6.45, 7) is 5.23. The van der Waals surface area contributed by atoms with Crippen LogP contribution in [0.2, 0.25) is 0 Å². The molecule has 0 N–H and O–H groups in total. The van der Waals surface area contributed by atoms with Gasteiger partial charge in [0.25, 0.3) is 5.89 Å². The fourth-order valence-electron chi connectivity index (χ4n) is 3.72. The Bertz CT molecular complexity index is 1010. The highest BCUT2D eigenvalue weighted by Gasteiger charge is 2.33. The number of amides is 1. The molecule has 9 heteroatoms. The van der Waals surface area contributed by atoms with Gasteiger partial charge in [-0.15, -0.1) is 0 Å². The zero-order valence-electron chi connectivity index (χ0n) is 17.0. The van der Waals surface area contributed by atoms with Crippen LogP contribution in [-0.2, 0) is 17.9 Å². The van der Waals surface area contributed by atoms with Gasteiger partial charge in [0, 0.05) is 25.2 Å². The van der Waals surface area contributed by atoms with Gasteiger partial charge < -0.3 is 14.2 Å². The lowest BCUT2D eigenvalue weighted by Gasteiger charge is -2.22. The topological polar surface area (TPSA) is 86.3 Å². The second kappa shape index (κ2) is 8.64. The molecule has 1 aromatic carbocycles. The van der Waals surface area contributed by atoms with Crippen LogP contribution in [0.3, 0.4) is 0 Å². The van der Waals surface area contributed by atoms with Gasteiger partial charge in [-0.05, 0) is 57.0 Å². The molecule has 1 unspecified atom stereocenters. The van der Waals surface area contributed by atoms with Gasteiger partial charge in [-0.3, -0.25) is 9.48 Å². The zero-order valence-corrected chi connectivity index (χ0v) is 17.0. The van der Waals surface area contributed by atoms with E-state index in [2.05, 4.69) is 15.2 Å². The molecule has 1 saturated heterocycles. The summed E-state index contributed by atoms with van der Waals surface area (Å²) in [5, 5.41) is 8.47. The average molecular weight is 413 g/mol. The summed E-state index contributed by atoms with van der Waals surface area (Å²) in [7, 11) is 0. The number of carbonyl (C=O) groups excluding carboxylic acids is 1. The lowest BCUT2D eigenvalue weighted by Crippen LogP contribution is -2.31. The molecule has 30 heavy (non-hydrogen) atoms. The highest BCUT2D eigenvalue weighted by molar-refractivity contribution is 5.76. The summed E-state index contributed by atoms with van der Waals surface area (Å²) < 4.78 is 25.7. The van der Waals surface area contributed by atoms with Crippen LogP contribution >= 0.6 is 0 Å². The molecule has 0 bridgehead atoms. The molecule has 1 aliphatic heterocycles. The number of hydrogen-bond acceptors (Lipinski definition) is 6. The SMILES string of the molecule is Cc1cc(C)n(CCC(=O)N2CCCC2c2noc(COc3ccc(F)cc3)n2)n1. The van der Waals surface area contributed by atoms with Crippen LogP contribution in [0, 0.1) is 19.7 Å². The molecule has 1 atom stereocenters. The van der Waals surface area contributed by atoms with E-state index in [1.54, 1.807) is 0 Å². The summed E-state index contributed by atoms with van der Waals surface area (Å²) in [5.41, 5.74) is 1.99. The number of benzene rings is 1. The highest BCUT2D eigenvalue weighted by atomic mass is 19.1. The van der Waals surface area contributed by atoms with Crippen molar-refractivity contribution in [2.45, 2.75) is 52.3 Å². The standard InChI is InChI=1S/C21H24FN5O3/c1-14-12-15(2)27(24-14)11-9-20(28)26-10-3-4-18(26)21-23-19(30-25-21)13-29-17-7-5-16(22)6-8-17/h5-8,12,18H,3-4,9-11,13H2,1-2H3. The van der Waals surface area contributed by atoms with Gasteiger partial charge in [0.05, 0.1) is 11.7 Å². The predicted molar refractivity (Wildman–Crippen MR) is 105 cm³/mol. The van der Waals surface area contributed by atoms with E-state index in [-0.39, 0.29) is 24.4 Å². The normalized spacial score (nSPS) is 16.2. The van der Waals surface area contributed by atoms with Gasteiger partial charge in [-0.25, -0.2) is 4.39 Å². The fourth-order valence-corrected chi connectivity index (χ4v) is 3.72. The largest absolute Gasteiger partial charge is 0.484 e. The van der Waals surface area contributed by atoms with E-state index in [9.17, 15) is 9.18 Å². The number of nitrogens with zero attached hydrogens (tertiary/aromatic N) is 5. The number of aryl methyl sites for hydroxylation is 3. The molecule has 1 amide bonds. The van der Waals surface area contributed by atoms with Crippen LogP contribution in [0.25, 0.3) is 0 Å². The first-order valence-corrected chi connectivity index (χ1v) is 10.0. The molecule has 8 nitrogen and oxygen atoms in total. The van der Waals surface area contributed by atoms with Crippen LogP contribution in [0.4, 0.5) is 4.39 Å². The van der Waals surface area contributed by atoms with E-state index in [0.29, 0.717) is 37.0 Å². The van der Waals surface area contributed by atoms with Crippen LogP contribution < -0.4 is 4.74 Å². The van der Waals surface area contributed by atoms with Gasteiger partial charge in [0.2, 0.25) is 5.91 Å². The lowest BCUT2D eigenvalue weighted by molar-refractivity contribution is -0.132. The molecule has 0 radical (unpaired) electrons. The van der Waals surface area contributed by atoms with Gasteiger partial charge in [-0.1, -0.05) is 5.16 Å². The van der Waals surface area contributed by atoms with Crippen molar-refractivity contribution in [3.05, 3.63) is 59.3 Å². The van der Waals surface area contributed by atoms with E-state index in [4.69, 9.17) is 9.26 Å². The molecule has 0 saturated carbocycles. The monoisotopic (exact) mass is 413 g/mol. The predicted octanol–water partition coefficient (Wildman–Crippen LogP) is 3.35. The number of rotatable bonds is 7. The van der Waals surface area contributed by atoms with E-state index < -0.39 is 0 Å². The Labute approximate surface area is 173 Å². The summed E-state index contributed by atoms with van der Waals surface area (Å²) in [6, 6.07) is 7.52. The molecule has 1 aliphatic rings. The Balaban J connectivity index is 1.35. The quantitative estimate of drug-likeness (QED) is 0.590. The number of aromatic nitrogens is 4. The maximum Gasteiger partial charge on any atom is 0.264 e. The minimum absolute atomic E-state index is 0.0546. The smallest absolute Gasteiger partial charge is 0.264 e. The number of likely N-dealkylation sites (tertiary alicyclic amines) is 1. The molecule has 4 rings (SSSR count). The first kappa shape index (κ1) is 20.1. The lowest BCUT2D eigenvalue weighted by atomic mass is 10.2. The maximum atomic E-state index is 13.0. The number of halogens is 1. The third-order valence-electron chi connectivity index (χ3n) is 5.17. The summed E-state index contributed by atoms with van der Waals surface area (Å²) in [5.74, 6) is 1.05. The average Bonchev–Trinajstić information content (AvgIpc) is 3.45. The third kappa shape index (κ3) is 4.50. The maximum absolute atomic E-state index is 13.0. The minimum atomic E-state index is -0.328. The second-order valence-electron chi connectivity index (χ2n) is 7.43. The van der Waals surface area contributed by atoms with Crippen molar-refractivity contribution in [2.24, 2.45) is 0 Å². The molecule has 0 aliphatic carbocycles. The Morgan fingerprint density at radius 1 is 1.30 bits per heavy atom. The summed E-state index contributed by atoms with van der Waals surface area (Å²) in [4.78, 5) is 19.0. The van der Waals surface area contributed by atoms with Crippen molar-refractivity contribution in [1.29, 1.82) is 0 Å². The van der Waals surface area contributed by atoms with E-state index in [1.807, 2.05) is 29.5 Å². The Morgan fingerprint density at radius 3 is 2.83 bits per heavy atom. The van der Waals surface area contributed by atoms with Gasteiger partial charge >= 0.3 is 0 Å². The molecule has 3 aromatic rings. The Morgan fingerprint density at radius 2 is 2.10 bits per heavy atom. The highest BCUT2D eigenvalue weighted by Crippen LogP contribution is 2.31. The van der Waals surface area contributed by atoms with Crippen molar-refractivity contribution in [2.75, 3.05) is 6.54 Å². The van der Waals surface area contributed by atoms with Gasteiger partial charge in [-0.2, -0.15) is 10.1 Å². The van der Waals surface area contributed by atoms with E-state index >= 15 is 0 Å². The van der Waals surface area contributed by atoms with Crippen LogP contribution in [0.5, 0.6) is 5.75 Å². The molecule has 158 valence electrons. The van der Waals surface area contributed by atoms with Gasteiger partial charge in [0.15, 0.2) is 12.4 Å². The molecule has 3 heterocycles. The third-order valence-corrected chi connectivity index (χ3v) is 5.17. The second-order valence-corrected chi connectivity index (χ2v) is 7.43. The molecule has 2 aromatic heterocycles. The minimum Gasteiger partial charge on any atom is -0.484 e. The summed E-state index contributed by atoms with van der Waals surface area (Å²) >= 11 is 0. The molecular formula is C21H24FN5O3. The first-order valence-electron chi connectivity index (χ1n) is 10.0. The Hall–Kier alpha value is -3.23. The fraction of sp³-hybridized carbons (Fsp3) is 0.429. The number of hydrogen-bond donors (Lipinski definition) is 0. The molecule has 1 fully saturated rings. The van der Waals surface area contributed by atoms with Crippen LogP contribution in [0.15, 0.2) is 34.9 Å². The first-order chi connectivity index (χ1) is 14.5. The molecular weight excluding hydrogens is 389 g/mol. The van der Waals surface area contributed by atoms with Crippen LogP contribution in [0.1, 0.15) is 48.4 Å². The van der Waals surface area contributed by atoms with Gasteiger partial charge in [0.1, 0.15) is 11.6 Å². The van der Waals surface area contributed by atoms with Crippen molar-refractivity contribution in [1.82, 2.24) is 24.8 Å². The summed E-state index contributed by atoms with van der Waals surface area (Å²) in [6.07, 6.45) is 2.06.